The third-order valence-corrected chi connectivity index (χ3v) is 2.01. The van der Waals surface area contributed by atoms with Crippen molar-refractivity contribution in [3.8, 4) is 0 Å². The van der Waals surface area contributed by atoms with Gasteiger partial charge in [-0.3, -0.25) is 4.68 Å². The van der Waals surface area contributed by atoms with Gasteiger partial charge in [0.05, 0.1) is 18.7 Å². The molecule has 0 aliphatic carbocycles. The number of aryl methyl sites for hydroxylation is 1. The van der Waals surface area contributed by atoms with Gasteiger partial charge in [0.15, 0.2) is 0 Å². The molecule has 0 aromatic carbocycles. The van der Waals surface area contributed by atoms with Crippen LogP contribution >= 0.6 is 0 Å². The van der Waals surface area contributed by atoms with Gasteiger partial charge < -0.3 is 4.74 Å². The van der Waals surface area contributed by atoms with Crippen LogP contribution in [0.15, 0.2) is 12.3 Å². The first-order valence-corrected chi connectivity index (χ1v) is 5.18. The molecule has 0 atom stereocenters. The third kappa shape index (κ3) is 4.65. The highest BCUT2D eigenvalue weighted by Gasteiger charge is 2.27. The lowest BCUT2D eigenvalue weighted by molar-refractivity contribution is -0.137. The Morgan fingerprint density at radius 2 is 2.19 bits per heavy atom. The van der Waals surface area contributed by atoms with E-state index in [1.54, 1.807) is 6.07 Å². The van der Waals surface area contributed by atoms with Gasteiger partial charge in [-0.25, -0.2) is 0 Å². The molecule has 1 rings (SSSR count). The first kappa shape index (κ1) is 13.0. The van der Waals surface area contributed by atoms with Gasteiger partial charge in [0.1, 0.15) is 0 Å². The maximum atomic E-state index is 12.0. The predicted octanol–water partition coefficient (Wildman–Crippen LogP) is 2.76. The minimum atomic E-state index is -4.15. The molecule has 0 bridgehead atoms. The Balaban J connectivity index is 2.44. The lowest BCUT2D eigenvalue weighted by Gasteiger charge is -2.09. The Morgan fingerprint density at radius 1 is 1.44 bits per heavy atom. The molecule has 0 amide bonds. The van der Waals surface area contributed by atoms with Crippen LogP contribution < -0.4 is 0 Å². The monoisotopic (exact) mass is 236 g/mol. The number of hydrogen-bond donors (Lipinski definition) is 0. The summed E-state index contributed by atoms with van der Waals surface area (Å²) in [5.41, 5.74) is 0.678. The van der Waals surface area contributed by atoms with Crippen molar-refractivity contribution in [1.29, 1.82) is 0 Å². The van der Waals surface area contributed by atoms with Crippen molar-refractivity contribution >= 4 is 0 Å². The van der Waals surface area contributed by atoms with Crippen molar-refractivity contribution in [1.82, 2.24) is 9.78 Å². The zero-order valence-corrected chi connectivity index (χ0v) is 9.13. The Labute approximate surface area is 92.2 Å². The Kier molecular flexibility index (Phi) is 4.79. The predicted molar refractivity (Wildman–Crippen MR) is 52.8 cm³/mol. The van der Waals surface area contributed by atoms with Crippen molar-refractivity contribution in [2.24, 2.45) is 0 Å². The van der Waals surface area contributed by atoms with Gasteiger partial charge in [0, 0.05) is 19.3 Å². The minimum absolute atomic E-state index is 0.151. The van der Waals surface area contributed by atoms with Gasteiger partial charge >= 0.3 is 6.18 Å². The second-order valence-electron chi connectivity index (χ2n) is 3.46. The summed E-state index contributed by atoms with van der Waals surface area (Å²) in [6.07, 6.45) is -2.64. The van der Waals surface area contributed by atoms with Crippen LogP contribution in [0.3, 0.4) is 0 Å². The lowest BCUT2D eigenvalue weighted by Crippen LogP contribution is -2.15. The fraction of sp³-hybridized carbons (Fsp3) is 0.700. The molecule has 92 valence electrons. The largest absolute Gasteiger partial charge is 0.390 e. The number of aromatic nitrogens is 2. The second kappa shape index (κ2) is 5.89. The molecule has 0 aliphatic heterocycles. The SMILES string of the molecule is CCCOCc1ccnn1CCC(F)(F)F. The lowest BCUT2D eigenvalue weighted by atomic mass is 10.4. The first-order chi connectivity index (χ1) is 7.53. The standard InChI is InChI=1S/C10H15F3N2O/c1-2-7-16-8-9-3-5-14-15(9)6-4-10(11,12)13/h3,5H,2,4,6-8H2,1H3. The van der Waals surface area contributed by atoms with Crippen molar-refractivity contribution in [2.75, 3.05) is 6.61 Å². The first-order valence-electron chi connectivity index (χ1n) is 5.18. The fourth-order valence-corrected chi connectivity index (χ4v) is 1.24. The highest BCUT2D eigenvalue weighted by molar-refractivity contribution is 4.98. The molecule has 0 aliphatic rings. The molecular weight excluding hydrogens is 221 g/mol. The summed E-state index contributed by atoms with van der Waals surface area (Å²) in [6, 6.07) is 1.67. The van der Waals surface area contributed by atoms with E-state index in [9.17, 15) is 13.2 Å². The second-order valence-corrected chi connectivity index (χ2v) is 3.46. The molecule has 6 heteroatoms. The highest BCUT2D eigenvalue weighted by atomic mass is 19.4. The molecule has 0 radical (unpaired) electrons. The number of hydrogen-bond acceptors (Lipinski definition) is 2. The molecule has 0 spiro atoms. The van der Waals surface area contributed by atoms with E-state index in [-0.39, 0.29) is 6.54 Å². The summed E-state index contributed by atoms with van der Waals surface area (Å²) in [5, 5.41) is 3.83. The van der Waals surface area contributed by atoms with Crippen LogP contribution in [-0.2, 0) is 17.9 Å². The number of alkyl halides is 3. The molecular formula is C10H15F3N2O. The molecule has 0 N–H and O–H groups in total. The van der Waals surface area contributed by atoms with E-state index >= 15 is 0 Å². The maximum absolute atomic E-state index is 12.0. The van der Waals surface area contributed by atoms with Crippen LogP contribution in [0.1, 0.15) is 25.5 Å². The quantitative estimate of drug-likeness (QED) is 0.710. The smallest absolute Gasteiger partial charge is 0.375 e. The van der Waals surface area contributed by atoms with Gasteiger partial charge in [-0.1, -0.05) is 6.92 Å². The van der Waals surface area contributed by atoms with Gasteiger partial charge in [-0.2, -0.15) is 18.3 Å². The van der Waals surface area contributed by atoms with Crippen LogP contribution in [0.2, 0.25) is 0 Å². The summed E-state index contributed by atoms with van der Waals surface area (Å²) < 4.78 is 42.6. The van der Waals surface area contributed by atoms with Crippen LogP contribution in [0.5, 0.6) is 0 Å². The molecule has 1 heterocycles. The topological polar surface area (TPSA) is 27.1 Å². The van der Waals surface area contributed by atoms with E-state index in [0.717, 1.165) is 6.42 Å². The van der Waals surface area contributed by atoms with Crippen molar-refractivity contribution < 1.29 is 17.9 Å². The summed E-state index contributed by atoms with van der Waals surface area (Å²) in [7, 11) is 0. The summed E-state index contributed by atoms with van der Waals surface area (Å²) >= 11 is 0. The Morgan fingerprint density at radius 3 is 2.81 bits per heavy atom. The zero-order valence-electron chi connectivity index (χ0n) is 9.13. The van der Waals surface area contributed by atoms with E-state index in [4.69, 9.17) is 4.74 Å². The number of nitrogens with zero attached hydrogens (tertiary/aromatic N) is 2. The highest BCUT2D eigenvalue weighted by Crippen LogP contribution is 2.20. The number of halogens is 3. The van der Waals surface area contributed by atoms with Gasteiger partial charge in [-0.15, -0.1) is 0 Å². The van der Waals surface area contributed by atoms with E-state index in [2.05, 4.69) is 5.10 Å². The molecule has 1 aromatic rings. The molecule has 0 unspecified atom stereocenters. The molecule has 1 aromatic heterocycles. The van der Waals surface area contributed by atoms with E-state index in [1.165, 1.54) is 10.9 Å². The number of rotatable bonds is 6. The van der Waals surface area contributed by atoms with Crippen LogP contribution in [0.25, 0.3) is 0 Å². The van der Waals surface area contributed by atoms with Crippen molar-refractivity contribution in [2.45, 2.75) is 39.1 Å². The average Bonchev–Trinajstić information content (AvgIpc) is 2.62. The Hall–Kier alpha value is -1.04. The molecule has 0 fully saturated rings. The summed E-state index contributed by atoms with van der Waals surface area (Å²) in [4.78, 5) is 0. The van der Waals surface area contributed by atoms with Gasteiger partial charge in [0.2, 0.25) is 0 Å². The van der Waals surface area contributed by atoms with Crippen molar-refractivity contribution in [3.05, 3.63) is 18.0 Å². The molecule has 0 saturated carbocycles. The Bertz CT molecular complexity index is 309. The summed E-state index contributed by atoms with van der Waals surface area (Å²) in [6.45, 7) is 2.73. The van der Waals surface area contributed by atoms with Crippen molar-refractivity contribution in [3.63, 3.8) is 0 Å². The van der Waals surface area contributed by atoms with Gasteiger partial charge in [0.25, 0.3) is 0 Å². The minimum Gasteiger partial charge on any atom is -0.375 e. The van der Waals surface area contributed by atoms with Gasteiger partial charge in [-0.05, 0) is 12.5 Å². The maximum Gasteiger partial charge on any atom is 0.390 e. The summed E-state index contributed by atoms with van der Waals surface area (Å²) in [5.74, 6) is 0. The van der Waals surface area contributed by atoms with E-state index in [1.807, 2.05) is 6.92 Å². The van der Waals surface area contributed by atoms with E-state index < -0.39 is 12.6 Å². The average molecular weight is 236 g/mol. The molecule has 3 nitrogen and oxygen atoms in total. The van der Waals surface area contributed by atoms with Crippen LogP contribution in [0.4, 0.5) is 13.2 Å². The number of ether oxygens (including phenoxy) is 1. The zero-order chi connectivity index (χ0) is 12.0. The molecule has 16 heavy (non-hydrogen) atoms. The van der Waals surface area contributed by atoms with Crippen LogP contribution in [0, 0.1) is 0 Å². The normalized spacial score (nSPS) is 12.0. The fourth-order valence-electron chi connectivity index (χ4n) is 1.24. The van der Waals surface area contributed by atoms with Crippen LogP contribution in [-0.4, -0.2) is 22.6 Å². The molecule has 0 saturated heterocycles. The van der Waals surface area contributed by atoms with E-state index in [0.29, 0.717) is 18.9 Å². The third-order valence-electron chi connectivity index (χ3n) is 2.01.